The first-order valence-electron chi connectivity index (χ1n) is 7.31. The monoisotopic (exact) mass is 326 g/mol. The molecular formula is C16H14N4O2S. The standard InChI is InChI=1S/C16H14N4O2S/c1-10-18-13(9-23-10)16(21)20-6-4-14-12(8-20)19-15(22-14)11-3-2-5-17-7-11/h2-3,5,7,9H,4,6,8H2,1H3. The Bertz CT molecular complexity index is 856. The van der Waals surface area contributed by atoms with E-state index in [-0.39, 0.29) is 5.91 Å². The number of oxazole rings is 1. The number of aromatic nitrogens is 3. The van der Waals surface area contributed by atoms with Crippen LogP contribution in [0.5, 0.6) is 0 Å². The van der Waals surface area contributed by atoms with Gasteiger partial charge in [-0.1, -0.05) is 0 Å². The van der Waals surface area contributed by atoms with Crippen molar-refractivity contribution < 1.29 is 9.21 Å². The third-order valence-electron chi connectivity index (χ3n) is 3.76. The Kier molecular flexibility index (Phi) is 3.42. The molecule has 0 saturated carbocycles. The molecule has 23 heavy (non-hydrogen) atoms. The number of aryl methyl sites for hydroxylation is 1. The van der Waals surface area contributed by atoms with Crippen LogP contribution in [0.15, 0.2) is 34.3 Å². The molecule has 1 amide bonds. The van der Waals surface area contributed by atoms with Crippen LogP contribution in [0.4, 0.5) is 0 Å². The SMILES string of the molecule is Cc1nc(C(=O)N2CCc3oc(-c4cccnc4)nc3C2)cs1. The van der Waals surface area contributed by atoms with Crippen molar-refractivity contribution in [1.82, 2.24) is 19.9 Å². The summed E-state index contributed by atoms with van der Waals surface area (Å²) in [6.45, 7) is 2.96. The van der Waals surface area contributed by atoms with E-state index in [9.17, 15) is 4.79 Å². The van der Waals surface area contributed by atoms with Crippen molar-refractivity contribution in [1.29, 1.82) is 0 Å². The van der Waals surface area contributed by atoms with Crippen molar-refractivity contribution in [3.8, 4) is 11.5 Å². The molecule has 6 nitrogen and oxygen atoms in total. The molecule has 0 aromatic carbocycles. The number of hydrogen-bond donors (Lipinski definition) is 0. The van der Waals surface area contributed by atoms with Gasteiger partial charge in [0.25, 0.3) is 5.91 Å². The number of carbonyl (C=O) groups excluding carboxylic acids is 1. The quantitative estimate of drug-likeness (QED) is 0.724. The van der Waals surface area contributed by atoms with E-state index in [4.69, 9.17) is 4.42 Å². The average molecular weight is 326 g/mol. The molecular weight excluding hydrogens is 312 g/mol. The van der Waals surface area contributed by atoms with Crippen LogP contribution in [0.25, 0.3) is 11.5 Å². The van der Waals surface area contributed by atoms with Gasteiger partial charge in [0, 0.05) is 30.7 Å². The highest BCUT2D eigenvalue weighted by Crippen LogP contribution is 2.26. The molecule has 0 atom stereocenters. The van der Waals surface area contributed by atoms with E-state index in [1.807, 2.05) is 19.1 Å². The van der Waals surface area contributed by atoms with E-state index in [2.05, 4.69) is 15.0 Å². The summed E-state index contributed by atoms with van der Waals surface area (Å²) in [5.74, 6) is 1.36. The molecule has 7 heteroatoms. The van der Waals surface area contributed by atoms with Gasteiger partial charge in [-0.05, 0) is 19.1 Å². The minimum Gasteiger partial charge on any atom is -0.441 e. The lowest BCUT2D eigenvalue weighted by Gasteiger charge is -2.24. The minimum absolute atomic E-state index is 0.0501. The molecule has 0 unspecified atom stereocenters. The van der Waals surface area contributed by atoms with Gasteiger partial charge < -0.3 is 9.32 Å². The maximum Gasteiger partial charge on any atom is 0.273 e. The Morgan fingerprint density at radius 2 is 2.30 bits per heavy atom. The van der Waals surface area contributed by atoms with Crippen LogP contribution in [0, 0.1) is 6.92 Å². The predicted octanol–water partition coefficient (Wildman–Crippen LogP) is 2.70. The predicted molar refractivity (Wildman–Crippen MR) is 85.0 cm³/mol. The molecule has 116 valence electrons. The molecule has 0 bridgehead atoms. The van der Waals surface area contributed by atoms with Gasteiger partial charge in [0.15, 0.2) is 0 Å². The highest BCUT2D eigenvalue weighted by Gasteiger charge is 2.27. The number of carbonyl (C=O) groups is 1. The van der Waals surface area contributed by atoms with Crippen LogP contribution in [0.3, 0.4) is 0 Å². The normalized spacial score (nSPS) is 13.9. The Morgan fingerprint density at radius 3 is 3.04 bits per heavy atom. The minimum atomic E-state index is -0.0501. The van der Waals surface area contributed by atoms with Crippen LogP contribution < -0.4 is 0 Å². The maximum absolute atomic E-state index is 12.5. The van der Waals surface area contributed by atoms with Gasteiger partial charge in [-0.3, -0.25) is 9.78 Å². The second-order valence-corrected chi connectivity index (χ2v) is 6.42. The number of pyridine rings is 1. The van der Waals surface area contributed by atoms with E-state index in [0.717, 1.165) is 22.0 Å². The van der Waals surface area contributed by atoms with Crippen LogP contribution in [-0.2, 0) is 13.0 Å². The average Bonchev–Trinajstić information content (AvgIpc) is 3.20. The fourth-order valence-corrected chi connectivity index (χ4v) is 3.20. The zero-order valence-electron chi connectivity index (χ0n) is 12.5. The maximum atomic E-state index is 12.5. The molecule has 3 aromatic heterocycles. The van der Waals surface area contributed by atoms with Gasteiger partial charge in [-0.15, -0.1) is 11.3 Å². The molecule has 3 aromatic rings. The Balaban J connectivity index is 1.58. The van der Waals surface area contributed by atoms with Crippen LogP contribution in [0.1, 0.15) is 27.0 Å². The molecule has 1 aliphatic heterocycles. The third kappa shape index (κ3) is 2.63. The van der Waals surface area contributed by atoms with E-state index < -0.39 is 0 Å². The van der Waals surface area contributed by atoms with Gasteiger partial charge in [-0.25, -0.2) is 9.97 Å². The summed E-state index contributed by atoms with van der Waals surface area (Å²) in [5.41, 5.74) is 2.16. The lowest BCUT2D eigenvalue weighted by atomic mass is 10.1. The van der Waals surface area contributed by atoms with E-state index in [1.54, 1.807) is 22.7 Å². The molecule has 0 radical (unpaired) electrons. The van der Waals surface area contributed by atoms with Gasteiger partial charge in [0.1, 0.15) is 17.1 Å². The fraction of sp³-hybridized carbons (Fsp3) is 0.250. The summed E-state index contributed by atoms with van der Waals surface area (Å²) < 4.78 is 5.83. The topological polar surface area (TPSA) is 72.1 Å². The number of rotatable bonds is 2. The highest BCUT2D eigenvalue weighted by atomic mass is 32.1. The van der Waals surface area contributed by atoms with E-state index >= 15 is 0 Å². The smallest absolute Gasteiger partial charge is 0.273 e. The summed E-state index contributed by atoms with van der Waals surface area (Å²) in [5, 5.41) is 2.70. The van der Waals surface area contributed by atoms with Crippen LogP contribution >= 0.6 is 11.3 Å². The number of hydrogen-bond acceptors (Lipinski definition) is 6. The Hall–Kier alpha value is -2.54. The zero-order chi connectivity index (χ0) is 15.8. The van der Waals surface area contributed by atoms with Crippen LogP contribution in [0.2, 0.25) is 0 Å². The van der Waals surface area contributed by atoms with E-state index in [1.165, 1.54) is 11.3 Å². The summed E-state index contributed by atoms with van der Waals surface area (Å²) >= 11 is 1.48. The lowest BCUT2D eigenvalue weighted by Crippen LogP contribution is -2.36. The third-order valence-corrected chi connectivity index (χ3v) is 4.53. The summed E-state index contributed by atoms with van der Waals surface area (Å²) in [7, 11) is 0. The number of nitrogens with zero attached hydrogens (tertiary/aromatic N) is 4. The fourth-order valence-electron chi connectivity index (χ4n) is 2.61. The van der Waals surface area contributed by atoms with Crippen molar-refractivity contribution in [2.75, 3.05) is 6.54 Å². The molecule has 1 aliphatic rings. The molecule has 0 aliphatic carbocycles. The van der Waals surface area contributed by atoms with Crippen molar-refractivity contribution in [3.05, 3.63) is 52.1 Å². The molecule has 0 saturated heterocycles. The number of thiazole rings is 1. The van der Waals surface area contributed by atoms with Crippen molar-refractivity contribution in [2.24, 2.45) is 0 Å². The van der Waals surface area contributed by atoms with Gasteiger partial charge in [-0.2, -0.15) is 0 Å². The highest BCUT2D eigenvalue weighted by molar-refractivity contribution is 7.09. The van der Waals surface area contributed by atoms with Crippen LogP contribution in [-0.4, -0.2) is 32.3 Å². The largest absolute Gasteiger partial charge is 0.441 e. The van der Waals surface area contributed by atoms with Crippen molar-refractivity contribution in [3.63, 3.8) is 0 Å². The Labute approximate surface area is 136 Å². The summed E-state index contributed by atoms with van der Waals surface area (Å²) in [6.07, 6.45) is 4.10. The second-order valence-electron chi connectivity index (χ2n) is 5.36. The Morgan fingerprint density at radius 1 is 1.39 bits per heavy atom. The first-order chi connectivity index (χ1) is 11.2. The van der Waals surface area contributed by atoms with Gasteiger partial charge in [0.05, 0.1) is 17.1 Å². The molecule has 4 rings (SSSR count). The molecule has 0 N–H and O–H groups in total. The van der Waals surface area contributed by atoms with Gasteiger partial charge in [0.2, 0.25) is 5.89 Å². The molecule has 0 fully saturated rings. The zero-order valence-corrected chi connectivity index (χ0v) is 13.3. The van der Waals surface area contributed by atoms with E-state index in [0.29, 0.717) is 31.1 Å². The van der Waals surface area contributed by atoms with Crippen molar-refractivity contribution >= 4 is 17.2 Å². The summed E-state index contributed by atoms with van der Waals surface area (Å²) in [6, 6.07) is 3.75. The second kappa shape index (κ2) is 5.58. The molecule has 0 spiro atoms. The first kappa shape index (κ1) is 14.1. The lowest BCUT2D eigenvalue weighted by molar-refractivity contribution is 0.0722. The molecule has 4 heterocycles. The number of fused-ring (bicyclic) bond motifs is 1. The van der Waals surface area contributed by atoms with Gasteiger partial charge >= 0.3 is 0 Å². The number of amides is 1. The summed E-state index contributed by atoms with van der Waals surface area (Å²) in [4.78, 5) is 27.2. The first-order valence-corrected chi connectivity index (χ1v) is 8.19. The van der Waals surface area contributed by atoms with Crippen molar-refractivity contribution in [2.45, 2.75) is 19.9 Å².